The molecule has 90 valence electrons. The molecule has 0 spiro atoms. The number of hydrogen-bond acceptors (Lipinski definition) is 2. The fourth-order valence-corrected chi connectivity index (χ4v) is 2.78. The molecule has 0 aromatic rings. The Morgan fingerprint density at radius 3 is 2.60 bits per heavy atom. The van der Waals surface area contributed by atoms with Gasteiger partial charge in [-0.05, 0) is 37.5 Å². The average molecular weight is 212 g/mol. The van der Waals surface area contributed by atoms with E-state index in [9.17, 15) is 0 Å². The standard InChI is InChI=1S/C13H28N2/c1-4-5-11(3)13(9-14)15-12-7-6-10(2)8-12/h10-13,15H,4-9,14H2,1-3H3. The lowest BCUT2D eigenvalue weighted by atomic mass is 9.96. The summed E-state index contributed by atoms with van der Waals surface area (Å²) in [6.45, 7) is 7.72. The molecule has 0 aromatic heterocycles. The van der Waals surface area contributed by atoms with Gasteiger partial charge in [-0.1, -0.05) is 27.2 Å². The Labute approximate surface area is 95.0 Å². The lowest BCUT2D eigenvalue weighted by Gasteiger charge is -2.27. The summed E-state index contributed by atoms with van der Waals surface area (Å²) in [7, 11) is 0. The van der Waals surface area contributed by atoms with Crippen LogP contribution >= 0.6 is 0 Å². The SMILES string of the molecule is CCCC(C)C(CN)NC1CCC(C)C1. The highest BCUT2D eigenvalue weighted by Gasteiger charge is 2.25. The van der Waals surface area contributed by atoms with E-state index < -0.39 is 0 Å². The summed E-state index contributed by atoms with van der Waals surface area (Å²) in [5.74, 6) is 1.62. The predicted molar refractivity (Wildman–Crippen MR) is 66.9 cm³/mol. The minimum Gasteiger partial charge on any atom is -0.329 e. The molecule has 4 atom stereocenters. The van der Waals surface area contributed by atoms with Crippen LogP contribution in [0.25, 0.3) is 0 Å². The van der Waals surface area contributed by atoms with Gasteiger partial charge < -0.3 is 11.1 Å². The maximum atomic E-state index is 5.85. The quantitative estimate of drug-likeness (QED) is 0.710. The van der Waals surface area contributed by atoms with Gasteiger partial charge in [-0.25, -0.2) is 0 Å². The monoisotopic (exact) mass is 212 g/mol. The predicted octanol–water partition coefficient (Wildman–Crippen LogP) is 2.53. The minimum absolute atomic E-state index is 0.528. The Bertz CT molecular complexity index is 170. The molecule has 1 fully saturated rings. The molecule has 15 heavy (non-hydrogen) atoms. The minimum atomic E-state index is 0.528. The third-order valence-corrected chi connectivity index (χ3v) is 3.83. The molecular weight excluding hydrogens is 184 g/mol. The lowest BCUT2D eigenvalue weighted by Crippen LogP contribution is -2.45. The van der Waals surface area contributed by atoms with Crippen LogP contribution in [0.4, 0.5) is 0 Å². The molecule has 1 aliphatic carbocycles. The Kier molecular flexibility index (Phi) is 5.62. The topological polar surface area (TPSA) is 38.0 Å². The Balaban J connectivity index is 2.32. The number of nitrogens with one attached hydrogen (secondary N) is 1. The third-order valence-electron chi connectivity index (χ3n) is 3.83. The smallest absolute Gasteiger partial charge is 0.0218 e. The van der Waals surface area contributed by atoms with E-state index in [1.165, 1.54) is 32.1 Å². The number of nitrogens with two attached hydrogens (primary N) is 1. The molecule has 1 rings (SSSR count). The van der Waals surface area contributed by atoms with Gasteiger partial charge in [-0.2, -0.15) is 0 Å². The first-order valence-corrected chi connectivity index (χ1v) is 6.63. The van der Waals surface area contributed by atoms with Gasteiger partial charge in [0.05, 0.1) is 0 Å². The van der Waals surface area contributed by atoms with Crippen LogP contribution in [0.3, 0.4) is 0 Å². The second kappa shape index (κ2) is 6.49. The third kappa shape index (κ3) is 4.12. The van der Waals surface area contributed by atoms with E-state index in [-0.39, 0.29) is 0 Å². The van der Waals surface area contributed by atoms with E-state index in [0.717, 1.165) is 24.4 Å². The van der Waals surface area contributed by atoms with E-state index in [1.807, 2.05) is 0 Å². The van der Waals surface area contributed by atoms with E-state index in [2.05, 4.69) is 26.1 Å². The van der Waals surface area contributed by atoms with Crippen molar-refractivity contribution in [2.24, 2.45) is 17.6 Å². The van der Waals surface area contributed by atoms with Crippen LogP contribution in [0.5, 0.6) is 0 Å². The van der Waals surface area contributed by atoms with Crippen LogP contribution in [0.1, 0.15) is 52.9 Å². The summed E-state index contributed by atoms with van der Waals surface area (Å²) in [5.41, 5.74) is 5.85. The van der Waals surface area contributed by atoms with Crippen molar-refractivity contribution in [3.05, 3.63) is 0 Å². The van der Waals surface area contributed by atoms with Crippen molar-refractivity contribution in [2.75, 3.05) is 6.54 Å². The zero-order valence-corrected chi connectivity index (χ0v) is 10.6. The first-order valence-electron chi connectivity index (χ1n) is 6.63. The fraction of sp³-hybridized carbons (Fsp3) is 1.00. The second-order valence-electron chi connectivity index (χ2n) is 5.39. The van der Waals surface area contributed by atoms with Crippen LogP contribution in [0.2, 0.25) is 0 Å². The van der Waals surface area contributed by atoms with Gasteiger partial charge in [0.1, 0.15) is 0 Å². The summed E-state index contributed by atoms with van der Waals surface area (Å²) < 4.78 is 0. The highest BCUT2D eigenvalue weighted by Crippen LogP contribution is 2.25. The van der Waals surface area contributed by atoms with Crippen LogP contribution in [-0.4, -0.2) is 18.6 Å². The Hall–Kier alpha value is -0.0800. The average Bonchev–Trinajstić information content (AvgIpc) is 2.61. The number of hydrogen-bond donors (Lipinski definition) is 2. The van der Waals surface area contributed by atoms with E-state index in [1.54, 1.807) is 0 Å². The van der Waals surface area contributed by atoms with Gasteiger partial charge >= 0.3 is 0 Å². The molecule has 2 heteroatoms. The van der Waals surface area contributed by atoms with Crippen molar-refractivity contribution >= 4 is 0 Å². The molecule has 0 bridgehead atoms. The maximum absolute atomic E-state index is 5.85. The summed E-state index contributed by atoms with van der Waals surface area (Å²) >= 11 is 0. The Morgan fingerprint density at radius 1 is 1.40 bits per heavy atom. The van der Waals surface area contributed by atoms with Gasteiger partial charge in [-0.15, -0.1) is 0 Å². The van der Waals surface area contributed by atoms with Crippen molar-refractivity contribution < 1.29 is 0 Å². The van der Waals surface area contributed by atoms with Gasteiger partial charge in [0.25, 0.3) is 0 Å². The molecule has 0 amide bonds. The van der Waals surface area contributed by atoms with Crippen molar-refractivity contribution in [3.8, 4) is 0 Å². The second-order valence-corrected chi connectivity index (χ2v) is 5.39. The summed E-state index contributed by atoms with van der Waals surface area (Å²) in [4.78, 5) is 0. The molecule has 0 radical (unpaired) electrons. The summed E-state index contributed by atoms with van der Waals surface area (Å²) in [6.07, 6.45) is 6.63. The number of rotatable bonds is 6. The Morgan fingerprint density at radius 2 is 2.13 bits per heavy atom. The van der Waals surface area contributed by atoms with Crippen LogP contribution in [-0.2, 0) is 0 Å². The van der Waals surface area contributed by atoms with Crippen LogP contribution in [0, 0.1) is 11.8 Å². The molecule has 0 heterocycles. The molecule has 2 nitrogen and oxygen atoms in total. The molecule has 0 aliphatic heterocycles. The first-order chi connectivity index (χ1) is 7.17. The van der Waals surface area contributed by atoms with Crippen molar-refractivity contribution in [2.45, 2.75) is 65.0 Å². The van der Waals surface area contributed by atoms with Gasteiger partial charge in [0.15, 0.2) is 0 Å². The fourth-order valence-electron chi connectivity index (χ4n) is 2.78. The van der Waals surface area contributed by atoms with Crippen LogP contribution < -0.4 is 11.1 Å². The van der Waals surface area contributed by atoms with E-state index in [0.29, 0.717) is 6.04 Å². The highest BCUT2D eigenvalue weighted by atomic mass is 15.0. The lowest BCUT2D eigenvalue weighted by molar-refractivity contribution is 0.322. The van der Waals surface area contributed by atoms with E-state index in [4.69, 9.17) is 5.73 Å². The molecule has 0 saturated heterocycles. The molecule has 3 N–H and O–H groups in total. The highest BCUT2D eigenvalue weighted by molar-refractivity contribution is 4.84. The van der Waals surface area contributed by atoms with Crippen molar-refractivity contribution in [3.63, 3.8) is 0 Å². The first kappa shape index (κ1) is 13.0. The summed E-state index contributed by atoms with van der Waals surface area (Å²) in [5, 5.41) is 3.76. The van der Waals surface area contributed by atoms with E-state index >= 15 is 0 Å². The zero-order chi connectivity index (χ0) is 11.3. The van der Waals surface area contributed by atoms with Gasteiger partial charge in [-0.3, -0.25) is 0 Å². The largest absolute Gasteiger partial charge is 0.329 e. The molecule has 0 aromatic carbocycles. The van der Waals surface area contributed by atoms with Gasteiger partial charge in [0, 0.05) is 18.6 Å². The molecular formula is C13H28N2. The van der Waals surface area contributed by atoms with Gasteiger partial charge in [0.2, 0.25) is 0 Å². The zero-order valence-electron chi connectivity index (χ0n) is 10.6. The van der Waals surface area contributed by atoms with Crippen molar-refractivity contribution in [1.82, 2.24) is 5.32 Å². The van der Waals surface area contributed by atoms with Crippen LogP contribution in [0.15, 0.2) is 0 Å². The normalized spacial score (nSPS) is 30.4. The molecule has 4 unspecified atom stereocenters. The van der Waals surface area contributed by atoms with Crippen molar-refractivity contribution in [1.29, 1.82) is 0 Å². The molecule has 1 aliphatic rings. The molecule has 1 saturated carbocycles. The maximum Gasteiger partial charge on any atom is 0.0218 e. The summed E-state index contributed by atoms with van der Waals surface area (Å²) in [6, 6.07) is 1.26.